The van der Waals surface area contributed by atoms with Gasteiger partial charge in [0.15, 0.2) is 0 Å². The zero-order chi connectivity index (χ0) is 15.2. The van der Waals surface area contributed by atoms with Gasteiger partial charge in [0.05, 0.1) is 11.4 Å². The molecule has 0 radical (unpaired) electrons. The molecule has 0 aliphatic heterocycles. The van der Waals surface area contributed by atoms with Gasteiger partial charge in [-0.15, -0.1) is 0 Å². The van der Waals surface area contributed by atoms with Crippen LogP contribution in [0, 0.1) is 0 Å². The van der Waals surface area contributed by atoms with Gasteiger partial charge < -0.3 is 5.32 Å². The van der Waals surface area contributed by atoms with Gasteiger partial charge in [0.2, 0.25) is 0 Å². The highest BCUT2D eigenvalue weighted by atomic mass is 14.9. The van der Waals surface area contributed by atoms with Crippen LogP contribution in [0.5, 0.6) is 0 Å². The van der Waals surface area contributed by atoms with Crippen molar-refractivity contribution in [2.45, 2.75) is 20.8 Å². The first-order valence-corrected chi connectivity index (χ1v) is 7.29. The number of rotatable bonds is 4. The van der Waals surface area contributed by atoms with Gasteiger partial charge in [-0.05, 0) is 31.7 Å². The summed E-state index contributed by atoms with van der Waals surface area (Å²) in [6, 6.07) is 8.45. The first kappa shape index (κ1) is 15.0. The van der Waals surface area contributed by atoms with Gasteiger partial charge in [-0.25, -0.2) is 0 Å². The quantitative estimate of drug-likeness (QED) is 0.716. The lowest BCUT2D eigenvalue weighted by Gasteiger charge is -2.16. The van der Waals surface area contributed by atoms with Crippen molar-refractivity contribution < 1.29 is 0 Å². The molecular weight excluding hydrogens is 256 g/mol. The Morgan fingerprint density at radius 3 is 2.10 bits per heavy atom. The Morgan fingerprint density at radius 2 is 1.52 bits per heavy atom. The third kappa shape index (κ3) is 2.75. The van der Waals surface area contributed by atoms with Gasteiger partial charge in [-0.3, -0.25) is 4.99 Å². The number of benzene rings is 2. The maximum Gasteiger partial charge on any atom is 0.0941 e. The van der Waals surface area contributed by atoms with Crippen LogP contribution in [0.1, 0.15) is 31.9 Å². The minimum atomic E-state index is 0.991. The molecule has 2 rings (SSSR count). The van der Waals surface area contributed by atoms with Crippen LogP contribution in [0.25, 0.3) is 22.9 Å². The van der Waals surface area contributed by atoms with E-state index >= 15 is 0 Å². The van der Waals surface area contributed by atoms with Gasteiger partial charge in [0.1, 0.15) is 0 Å². The number of allylic oxidation sites excluding steroid dienone is 2. The van der Waals surface area contributed by atoms with Gasteiger partial charge in [-0.1, -0.05) is 48.6 Å². The number of nitrogens with one attached hydrogen (secondary N) is 1. The number of nitrogens with zero attached hydrogens (tertiary/aromatic N) is 1. The van der Waals surface area contributed by atoms with Crippen LogP contribution < -0.4 is 5.32 Å². The Morgan fingerprint density at radius 1 is 0.905 bits per heavy atom. The Hall–Kier alpha value is -2.35. The molecule has 0 aromatic heterocycles. The van der Waals surface area contributed by atoms with Crippen molar-refractivity contribution in [1.29, 1.82) is 0 Å². The fraction of sp³-hybridized carbons (Fsp3) is 0.211. The Balaban J connectivity index is 3.04. The molecular formula is C19H22N2. The molecule has 1 N–H and O–H groups in total. The summed E-state index contributed by atoms with van der Waals surface area (Å²) >= 11 is 0. The van der Waals surface area contributed by atoms with E-state index in [1.165, 1.54) is 16.3 Å². The van der Waals surface area contributed by atoms with Gasteiger partial charge in [0, 0.05) is 24.2 Å². The first-order chi connectivity index (χ1) is 10.3. The third-order valence-electron chi connectivity index (χ3n) is 3.44. The lowest BCUT2D eigenvalue weighted by atomic mass is 9.94. The molecule has 2 heteroatoms. The van der Waals surface area contributed by atoms with Gasteiger partial charge in [0.25, 0.3) is 0 Å². The smallest absolute Gasteiger partial charge is 0.0941 e. The van der Waals surface area contributed by atoms with Crippen LogP contribution in [0.3, 0.4) is 0 Å². The van der Waals surface area contributed by atoms with Crippen LogP contribution in [-0.4, -0.2) is 13.3 Å². The van der Waals surface area contributed by atoms with Crippen LogP contribution >= 0.6 is 0 Å². The Kier molecular flexibility index (Phi) is 4.94. The second-order valence-electron chi connectivity index (χ2n) is 4.73. The molecule has 0 saturated heterocycles. The van der Waals surface area contributed by atoms with Crippen molar-refractivity contribution in [3.05, 3.63) is 47.5 Å². The topological polar surface area (TPSA) is 24.4 Å². The zero-order valence-corrected chi connectivity index (χ0v) is 13.1. The standard InChI is InChI=1S/C19H22N2/c1-5-10-14-15-12-8-9-13-17(15)18(20-4)19(21-7-3)16(14)11-6-2/h5-13,20H,1-4H3/b10-5-,11-6-,21-7?. The molecule has 0 bridgehead atoms. The number of fused-ring (bicyclic) bond motifs is 1. The van der Waals surface area contributed by atoms with Crippen LogP contribution in [0.4, 0.5) is 11.4 Å². The van der Waals surface area contributed by atoms with Crippen molar-refractivity contribution in [2.75, 3.05) is 12.4 Å². The average Bonchev–Trinajstić information content (AvgIpc) is 2.51. The second-order valence-corrected chi connectivity index (χ2v) is 4.73. The molecule has 0 fully saturated rings. The number of aliphatic imine (C=N–C) groups is 1. The zero-order valence-electron chi connectivity index (χ0n) is 13.1. The molecule has 0 heterocycles. The maximum atomic E-state index is 4.62. The number of hydrogen-bond donors (Lipinski definition) is 1. The number of anilines is 1. The highest BCUT2D eigenvalue weighted by molar-refractivity contribution is 6.08. The van der Waals surface area contributed by atoms with E-state index in [-0.39, 0.29) is 0 Å². The van der Waals surface area contributed by atoms with Gasteiger partial charge in [-0.2, -0.15) is 0 Å². The average molecular weight is 278 g/mol. The molecule has 0 atom stereocenters. The summed E-state index contributed by atoms with van der Waals surface area (Å²) in [4.78, 5) is 4.62. The molecule has 0 saturated carbocycles. The second kappa shape index (κ2) is 6.89. The normalized spacial score (nSPS) is 12.2. The summed E-state index contributed by atoms with van der Waals surface area (Å²) in [5.41, 5.74) is 4.43. The predicted molar refractivity (Wildman–Crippen MR) is 96.7 cm³/mol. The monoisotopic (exact) mass is 278 g/mol. The van der Waals surface area contributed by atoms with Crippen molar-refractivity contribution in [1.82, 2.24) is 0 Å². The fourth-order valence-electron chi connectivity index (χ4n) is 2.67. The van der Waals surface area contributed by atoms with E-state index in [0.717, 1.165) is 16.9 Å². The summed E-state index contributed by atoms with van der Waals surface area (Å²) in [6.45, 7) is 6.03. The molecule has 0 spiro atoms. The van der Waals surface area contributed by atoms with E-state index in [1.807, 2.05) is 34.0 Å². The highest BCUT2D eigenvalue weighted by Gasteiger charge is 2.14. The summed E-state index contributed by atoms with van der Waals surface area (Å²) < 4.78 is 0. The molecule has 108 valence electrons. The van der Waals surface area contributed by atoms with E-state index in [0.29, 0.717) is 0 Å². The lowest BCUT2D eigenvalue weighted by Crippen LogP contribution is -1.96. The third-order valence-corrected chi connectivity index (χ3v) is 3.44. The van der Waals surface area contributed by atoms with Crippen molar-refractivity contribution in [3.63, 3.8) is 0 Å². The van der Waals surface area contributed by atoms with E-state index < -0.39 is 0 Å². The molecule has 0 amide bonds. The highest BCUT2D eigenvalue weighted by Crippen LogP contribution is 2.41. The molecule has 2 aromatic carbocycles. The summed E-state index contributed by atoms with van der Waals surface area (Å²) in [6.07, 6.45) is 10.3. The van der Waals surface area contributed by atoms with Gasteiger partial charge >= 0.3 is 0 Å². The molecule has 2 aromatic rings. The van der Waals surface area contributed by atoms with E-state index in [1.54, 1.807) is 0 Å². The van der Waals surface area contributed by atoms with Crippen molar-refractivity contribution in [3.8, 4) is 0 Å². The van der Waals surface area contributed by atoms with Crippen LogP contribution in [0.15, 0.2) is 41.4 Å². The first-order valence-electron chi connectivity index (χ1n) is 7.29. The Labute approximate surface area is 126 Å². The molecule has 0 unspecified atom stereocenters. The minimum Gasteiger partial charge on any atom is -0.386 e. The fourth-order valence-corrected chi connectivity index (χ4v) is 2.67. The molecule has 21 heavy (non-hydrogen) atoms. The van der Waals surface area contributed by atoms with E-state index in [9.17, 15) is 0 Å². The lowest BCUT2D eigenvalue weighted by molar-refractivity contribution is 1.45. The summed E-state index contributed by atoms with van der Waals surface area (Å²) in [7, 11) is 1.95. The largest absolute Gasteiger partial charge is 0.386 e. The molecule has 2 nitrogen and oxygen atoms in total. The maximum absolute atomic E-state index is 4.62. The van der Waals surface area contributed by atoms with Crippen molar-refractivity contribution >= 4 is 40.5 Å². The summed E-state index contributed by atoms with van der Waals surface area (Å²) in [5, 5.41) is 5.76. The van der Waals surface area contributed by atoms with Crippen LogP contribution in [0.2, 0.25) is 0 Å². The predicted octanol–water partition coefficient (Wildman–Crippen LogP) is 5.67. The minimum absolute atomic E-state index is 0.991. The summed E-state index contributed by atoms with van der Waals surface area (Å²) in [5.74, 6) is 0. The van der Waals surface area contributed by atoms with Crippen molar-refractivity contribution in [2.24, 2.45) is 4.99 Å². The van der Waals surface area contributed by atoms with Crippen LogP contribution in [-0.2, 0) is 0 Å². The van der Waals surface area contributed by atoms with E-state index in [2.05, 4.69) is 58.9 Å². The SMILES string of the molecule is CC=Nc1c(/C=C\C)c(/C=C\C)c2ccccc2c1NC. The van der Waals surface area contributed by atoms with E-state index in [4.69, 9.17) is 0 Å². The number of hydrogen-bond acceptors (Lipinski definition) is 2. The Bertz CT molecular complexity index is 722. The molecule has 0 aliphatic rings. The molecule has 0 aliphatic carbocycles.